The van der Waals surface area contributed by atoms with E-state index in [0.29, 0.717) is 18.2 Å². The second kappa shape index (κ2) is 6.79. The maximum atomic E-state index is 12.0. The molecule has 1 aromatic rings. The molecule has 0 spiro atoms. The summed E-state index contributed by atoms with van der Waals surface area (Å²) in [6.45, 7) is 6.75. The fraction of sp³-hybridized carbons (Fsp3) is 0.667. The van der Waals surface area contributed by atoms with Gasteiger partial charge < -0.3 is 10.2 Å². The van der Waals surface area contributed by atoms with Gasteiger partial charge in [0, 0.05) is 24.7 Å². The van der Waals surface area contributed by atoms with E-state index in [2.05, 4.69) is 27.2 Å². The van der Waals surface area contributed by atoms with Crippen LogP contribution in [0.1, 0.15) is 54.1 Å². The first-order valence-corrected chi connectivity index (χ1v) is 7.42. The van der Waals surface area contributed by atoms with Crippen molar-refractivity contribution in [2.24, 2.45) is 0 Å². The highest BCUT2D eigenvalue weighted by molar-refractivity contribution is 5.92. The minimum Gasteiger partial charge on any atom is -0.351 e. The summed E-state index contributed by atoms with van der Waals surface area (Å²) >= 11 is 0. The van der Waals surface area contributed by atoms with Gasteiger partial charge in [0.1, 0.15) is 11.5 Å². The smallest absolute Gasteiger partial charge is 0.270 e. The lowest BCUT2D eigenvalue weighted by Crippen LogP contribution is -2.32. The summed E-state index contributed by atoms with van der Waals surface area (Å²) in [4.78, 5) is 23.4. The normalized spacial score (nSPS) is 19.9. The standard InChI is InChI=1S/C15H24N4O/c1-4-7-16-15(20)13-9-11(2)17-14(18-13)12-6-5-8-19(3)10-12/h9,12H,4-8,10H2,1-3H3,(H,16,20)/t12-/m1/s1. The SMILES string of the molecule is CCCNC(=O)c1cc(C)nc([C@@H]2CCCN(C)C2)n1. The molecule has 1 fully saturated rings. The molecule has 2 rings (SSSR count). The summed E-state index contributed by atoms with van der Waals surface area (Å²) in [6.07, 6.45) is 3.19. The van der Waals surface area contributed by atoms with E-state index in [0.717, 1.165) is 43.9 Å². The first-order valence-electron chi connectivity index (χ1n) is 7.42. The van der Waals surface area contributed by atoms with Gasteiger partial charge in [0.05, 0.1) is 0 Å². The monoisotopic (exact) mass is 276 g/mol. The highest BCUT2D eigenvalue weighted by Gasteiger charge is 2.22. The van der Waals surface area contributed by atoms with Crippen molar-refractivity contribution in [1.29, 1.82) is 0 Å². The van der Waals surface area contributed by atoms with Crippen molar-refractivity contribution in [3.05, 3.63) is 23.3 Å². The van der Waals surface area contributed by atoms with Gasteiger partial charge in [-0.3, -0.25) is 4.79 Å². The minimum absolute atomic E-state index is 0.0947. The number of likely N-dealkylation sites (N-methyl/N-ethyl adjacent to an activating group) is 1. The van der Waals surface area contributed by atoms with E-state index < -0.39 is 0 Å². The van der Waals surface area contributed by atoms with Gasteiger partial charge in [-0.25, -0.2) is 9.97 Å². The van der Waals surface area contributed by atoms with Gasteiger partial charge in [-0.1, -0.05) is 6.92 Å². The number of hydrogen-bond acceptors (Lipinski definition) is 4. The molecule has 0 aromatic carbocycles. The van der Waals surface area contributed by atoms with E-state index in [4.69, 9.17) is 0 Å². The Morgan fingerprint density at radius 3 is 3.00 bits per heavy atom. The number of nitrogens with zero attached hydrogens (tertiary/aromatic N) is 3. The first kappa shape index (κ1) is 14.9. The summed E-state index contributed by atoms with van der Waals surface area (Å²) in [7, 11) is 2.12. The van der Waals surface area contributed by atoms with Crippen LogP contribution in [-0.2, 0) is 0 Å². The Labute approximate surface area is 120 Å². The highest BCUT2D eigenvalue weighted by atomic mass is 16.1. The number of nitrogens with one attached hydrogen (secondary N) is 1. The van der Waals surface area contributed by atoms with Gasteiger partial charge in [0.15, 0.2) is 0 Å². The molecular formula is C15H24N4O. The van der Waals surface area contributed by atoms with Crippen LogP contribution in [-0.4, -0.2) is 47.5 Å². The number of aryl methyl sites for hydroxylation is 1. The van der Waals surface area contributed by atoms with Crippen LogP contribution in [0, 0.1) is 6.92 Å². The number of amides is 1. The predicted molar refractivity (Wildman–Crippen MR) is 78.9 cm³/mol. The van der Waals surface area contributed by atoms with Crippen molar-refractivity contribution >= 4 is 5.91 Å². The first-order chi connectivity index (χ1) is 9.60. The van der Waals surface area contributed by atoms with Crippen LogP contribution in [0.25, 0.3) is 0 Å². The fourth-order valence-electron chi connectivity index (χ4n) is 2.60. The summed E-state index contributed by atoms with van der Waals surface area (Å²) < 4.78 is 0. The Hall–Kier alpha value is -1.49. The molecule has 0 bridgehead atoms. The molecule has 1 aliphatic heterocycles. The maximum Gasteiger partial charge on any atom is 0.270 e. The Morgan fingerprint density at radius 1 is 1.50 bits per heavy atom. The maximum absolute atomic E-state index is 12.0. The molecule has 20 heavy (non-hydrogen) atoms. The summed E-state index contributed by atoms with van der Waals surface area (Å²) in [6, 6.07) is 1.76. The zero-order valence-corrected chi connectivity index (χ0v) is 12.6. The van der Waals surface area contributed by atoms with Crippen LogP contribution < -0.4 is 5.32 Å². The topological polar surface area (TPSA) is 58.1 Å². The van der Waals surface area contributed by atoms with E-state index in [9.17, 15) is 4.79 Å². The van der Waals surface area contributed by atoms with Gasteiger partial charge in [-0.2, -0.15) is 0 Å². The molecule has 110 valence electrons. The van der Waals surface area contributed by atoms with Crippen molar-refractivity contribution in [3.8, 4) is 0 Å². The molecule has 1 atom stereocenters. The molecule has 5 heteroatoms. The van der Waals surface area contributed by atoms with E-state index >= 15 is 0 Å². The van der Waals surface area contributed by atoms with Crippen LogP contribution in [0.5, 0.6) is 0 Å². The minimum atomic E-state index is -0.0947. The molecule has 2 heterocycles. The third-order valence-corrected chi connectivity index (χ3v) is 3.63. The number of carbonyl (C=O) groups is 1. The molecule has 5 nitrogen and oxygen atoms in total. The molecule has 0 unspecified atom stereocenters. The summed E-state index contributed by atoms with van der Waals surface area (Å²) in [5, 5.41) is 2.88. The summed E-state index contributed by atoms with van der Waals surface area (Å²) in [5.74, 6) is 1.06. The van der Waals surface area contributed by atoms with Gasteiger partial charge in [0.2, 0.25) is 0 Å². The van der Waals surface area contributed by atoms with Crippen molar-refractivity contribution in [1.82, 2.24) is 20.2 Å². The average molecular weight is 276 g/mol. The zero-order valence-electron chi connectivity index (χ0n) is 12.6. The average Bonchev–Trinajstić information content (AvgIpc) is 2.44. The third-order valence-electron chi connectivity index (χ3n) is 3.63. The zero-order chi connectivity index (χ0) is 14.5. The number of hydrogen-bond donors (Lipinski definition) is 1. The van der Waals surface area contributed by atoms with Crippen molar-refractivity contribution in [3.63, 3.8) is 0 Å². The van der Waals surface area contributed by atoms with Crippen LogP contribution >= 0.6 is 0 Å². The second-order valence-electron chi connectivity index (χ2n) is 5.61. The number of rotatable bonds is 4. The molecule has 1 aromatic heterocycles. The molecule has 1 aliphatic rings. The Kier molecular flexibility index (Phi) is 5.06. The lowest BCUT2D eigenvalue weighted by molar-refractivity contribution is 0.0947. The molecule has 1 N–H and O–H groups in total. The highest BCUT2D eigenvalue weighted by Crippen LogP contribution is 2.23. The van der Waals surface area contributed by atoms with Crippen LogP contribution in [0.15, 0.2) is 6.07 Å². The van der Waals surface area contributed by atoms with Crippen LogP contribution in [0.4, 0.5) is 0 Å². The van der Waals surface area contributed by atoms with Crippen molar-refractivity contribution in [2.75, 3.05) is 26.7 Å². The molecule has 0 radical (unpaired) electrons. The van der Waals surface area contributed by atoms with Crippen molar-refractivity contribution < 1.29 is 4.79 Å². The van der Waals surface area contributed by atoms with Gasteiger partial charge in [0.25, 0.3) is 5.91 Å². The van der Waals surface area contributed by atoms with Crippen LogP contribution in [0.2, 0.25) is 0 Å². The Balaban J connectivity index is 2.17. The van der Waals surface area contributed by atoms with Crippen LogP contribution in [0.3, 0.4) is 0 Å². The molecule has 1 saturated heterocycles. The number of piperidine rings is 1. The lowest BCUT2D eigenvalue weighted by Gasteiger charge is -2.28. The molecular weight excluding hydrogens is 252 g/mol. The number of carbonyl (C=O) groups excluding carboxylic acids is 1. The Morgan fingerprint density at radius 2 is 2.30 bits per heavy atom. The molecule has 1 amide bonds. The second-order valence-corrected chi connectivity index (χ2v) is 5.61. The lowest BCUT2D eigenvalue weighted by atomic mass is 9.97. The van der Waals surface area contributed by atoms with Gasteiger partial charge >= 0.3 is 0 Å². The summed E-state index contributed by atoms with van der Waals surface area (Å²) in [5.41, 5.74) is 1.36. The number of aromatic nitrogens is 2. The largest absolute Gasteiger partial charge is 0.351 e. The van der Waals surface area contributed by atoms with E-state index in [1.807, 2.05) is 13.8 Å². The third kappa shape index (κ3) is 3.76. The Bertz CT molecular complexity index is 475. The van der Waals surface area contributed by atoms with E-state index in [1.165, 1.54) is 0 Å². The van der Waals surface area contributed by atoms with Gasteiger partial charge in [-0.05, 0) is 45.8 Å². The van der Waals surface area contributed by atoms with Crippen molar-refractivity contribution in [2.45, 2.75) is 39.0 Å². The fourth-order valence-corrected chi connectivity index (χ4v) is 2.60. The predicted octanol–water partition coefficient (Wildman–Crippen LogP) is 1.73. The number of likely N-dealkylation sites (tertiary alicyclic amines) is 1. The quantitative estimate of drug-likeness (QED) is 0.910. The van der Waals surface area contributed by atoms with Gasteiger partial charge in [-0.15, -0.1) is 0 Å². The van der Waals surface area contributed by atoms with E-state index in [1.54, 1.807) is 6.07 Å². The molecule has 0 aliphatic carbocycles. The van der Waals surface area contributed by atoms with E-state index in [-0.39, 0.29) is 5.91 Å². The molecule has 0 saturated carbocycles.